The zero-order valence-electron chi connectivity index (χ0n) is 31.0. The number of sulfonamides is 1. The normalized spacial score (nSPS) is 23.5. The Bertz CT molecular complexity index is 2140. The van der Waals surface area contributed by atoms with Crippen LogP contribution >= 0.6 is 11.3 Å². The summed E-state index contributed by atoms with van der Waals surface area (Å²) in [6, 6.07) is 16.9. The summed E-state index contributed by atoms with van der Waals surface area (Å²) in [5.41, 5.74) is 0.747. The fourth-order valence-corrected chi connectivity index (χ4v) is 10.8. The number of thiophene rings is 1. The topological polar surface area (TPSA) is 113 Å². The van der Waals surface area contributed by atoms with Crippen LogP contribution in [-0.4, -0.2) is 61.2 Å². The smallest absolute Gasteiger partial charge is 0.252 e. The molecular formula is C42H47F2NO7S2. The summed E-state index contributed by atoms with van der Waals surface area (Å²) in [5, 5.41) is 25.7. The first kappa shape index (κ1) is 39.7. The summed E-state index contributed by atoms with van der Waals surface area (Å²) in [7, 11) is -1.08. The molecule has 54 heavy (non-hydrogen) atoms. The number of carbonyl (C=O) groups is 1. The second-order valence-corrected chi connectivity index (χ2v) is 17.9. The molecule has 0 radical (unpaired) electrons. The number of aliphatic hydroxyl groups is 2. The molecule has 2 N–H and O–H groups in total. The lowest BCUT2D eigenvalue weighted by atomic mass is 9.64. The van der Waals surface area contributed by atoms with Crippen LogP contribution in [0.3, 0.4) is 0 Å². The summed E-state index contributed by atoms with van der Waals surface area (Å²) in [4.78, 5) is 14.3. The van der Waals surface area contributed by atoms with Crippen LogP contribution in [0.2, 0.25) is 0 Å². The van der Waals surface area contributed by atoms with E-state index >= 15 is 0 Å². The first-order valence-corrected chi connectivity index (χ1v) is 20.4. The molecule has 1 fully saturated rings. The molecule has 4 aromatic rings. The number of benzene rings is 3. The monoisotopic (exact) mass is 779 g/mol. The zero-order chi connectivity index (χ0) is 38.8. The second kappa shape index (κ2) is 16.0. The molecule has 3 aliphatic rings. The molecule has 8 nitrogen and oxygen atoms in total. The van der Waals surface area contributed by atoms with Gasteiger partial charge in [0.15, 0.2) is 17.4 Å². The first-order chi connectivity index (χ1) is 25.7. The van der Waals surface area contributed by atoms with Crippen molar-refractivity contribution < 1.29 is 41.7 Å². The van der Waals surface area contributed by atoms with Crippen LogP contribution < -0.4 is 9.47 Å². The van der Waals surface area contributed by atoms with Crippen LogP contribution in [0, 0.1) is 17.0 Å². The second-order valence-electron chi connectivity index (χ2n) is 14.8. The summed E-state index contributed by atoms with van der Waals surface area (Å²) in [6.45, 7) is 3.65. The van der Waals surface area contributed by atoms with E-state index < -0.39 is 50.5 Å². The average Bonchev–Trinajstić information content (AvgIpc) is 3.79. The lowest BCUT2D eigenvalue weighted by Gasteiger charge is -2.46. The van der Waals surface area contributed by atoms with E-state index in [4.69, 9.17) is 9.47 Å². The number of rotatable bonds is 10. The first-order valence-electron chi connectivity index (χ1n) is 18.1. The van der Waals surface area contributed by atoms with Crippen molar-refractivity contribution in [3.63, 3.8) is 0 Å². The molecule has 0 unspecified atom stereocenters. The quantitative estimate of drug-likeness (QED) is 0.123. The van der Waals surface area contributed by atoms with Gasteiger partial charge in [0.05, 0.1) is 25.9 Å². The van der Waals surface area contributed by atoms with E-state index in [9.17, 15) is 32.2 Å². The van der Waals surface area contributed by atoms with Crippen molar-refractivity contribution in [3.8, 4) is 11.5 Å². The van der Waals surface area contributed by atoms with Gasteiger partial charge < -0.3 is 19.7 Å². The van der Waals surface area contributed by atoms with Gasteiger partial charge in [0.2, 0.25) is 0 Å². The van der Waals surface area contributed by atoms with E-state index in [1.165, 1.54) is 24.6 Å². The Morgan fingerprint density at radius 2 is 1.80 bits per heavy atom. The molecule has 1 saturated carbocycles. The summed E-state index contributed by atoms with van der Waals surface area (Å²) < 4.78 is 69.8. The maximum absolute atomic E-state index is 14.5. The molecular weight excluding hydrogens is 733 g/mol. The molecule has 0 saturated heterocycles. The van der Waals surface area contributed by atoms with Crippen molar-refractivity contribution >= 4 is 27.1 Å². The fraction of sp³-hybridized carbons (Fsp3) is 0.405. The van der Waals surface area contributed by atoms with E-state index in [0.717, 1.165) is 29.0 Å². The number of allylic oxidation sites excluding steroid dienone is 2. The highest BCUT2D eigenvalue weighted by atomic mass is 32.2. The Morgan fingerprint density at radius 3 is 2.50 bits per heavy atom. The molecule has 4 atom stereocenters. The summed E-state index contributed by atoms with van der Waals surface area (Å²) in [5.74, 6) is -2.15. The van der Waals surface area contributed by atoms with Gasteiger partial charge in [0.25, 0.3) is 10.0 Å². The van der Waals surface area contributed by atoms with Gasteiger partial charge in [-0.1, -0.05) is 42.8 Å². The zero-order valence-corrected chi connectivity index (χ0v) is 32.6. The van der Waals surface area contributed by atoms with Crippen molar-refractivity contribution in [2.75, 3.05) is 20.8 Å². The Balaban J connectivity index is 1.47. The number of methoxy groups -OCH3 is 2. The van der Waals surface area contributed by atoms with E-state index in [2.05, 4.69) is 6.08 Å². The van der Waals surface area contributed by atoms with Crippen molar-refractivity contribution in [1.29, 1.82) is 0 Å². The predicted octanol–water partition coefficient (Wildman–Crippen LogP) is 8.20. The van der Waals surface area contributed by atoms with E-state index in [-0.39, 0.29) is 34.8 Å². The van der Waals surface area contributed by atoms with E-state index in [1.54, 1.807) is 41.8 Å². The molecule has 1 aromatic heterocycles. The van der Waals surface area contributed by atoms with Crippen molar-refractivity contribution in [2.45, 2.75) is 87.2 Å². The highest BCUT2D eigenvalue weighted by Crippen LogP contribution is 2.59. The number of hydrogen-bond acceptors (Lipinski definition) is 8. The maximum Gasteiger partial charge on any atom is 0.252 e. The molecule has 7 rings (SSSR count). The summed E-state index contributed by atoms with van der Waals surface area (Å²) >= 11 is 1.10. The number of fused-ring (bicyclic) bond motifs is 8. The number of aliphatic hydroxyl groups excluding tert-OH is 1. The minimum Gasteiger partial charge on any atom is -0.497 e. The predicted molar refractivity (Wildman–Crippen MR) is 205 cm³/mol. The number of nitrogens with zero attached hydrogens (tertiary/aromatic N) is 1. The molecule has 0 amide bonds. The minimum atomic E-state index is -4.12. The van der Waals surface area contributed by atoms with Gasteiger partial charge in [0.1, 0.15) is 15.7 Å². The van der Waals surface area contributed by atoms with Gasteiger partial charge >= 0.3 is 0 Å². The van der Waals surface area contributed by atoms with Gasteiger partial charge in [0, 0.05) is 41.3 Å². The number of ketones is 1. The van der Waals surface area contributed by atoms with E-state index in [0.29, 0.717) is 66.7 Å². The highest BCUT2D eigenvalue weighted by Gasteiger charge is 2.58. The number of ether oxygens (including phenoxy) is 2. The van der Waals surface area contributed by atoms with Crippen LogP contribution in [0.1, 0.15) is 90.9 Å². The minimum absolute atomic E-state index is 0.0239. The van der Waals surface area contributed by atoms with Crippen molar-refractivity contribution in [3.05, 3.63) is 123 Å². The lowest BCUT2D eigenvalue weighted by molar-refractivity contribution is -0.0732. The molecule has 288 valence electrons. The van der Waals surface area contributed by atoms with Crippen LogP contribution in [-0.2, 0) is 23.0 Å². The van der Waals surface area contributed by atoms with Crippen molar-refractivity contribution in [2.24, 2.45) is 5.41 Å². The number of carbonyl (C=O) groups excluding carboxylic acids is 1. The number of hydrogen-bond donors (Lipinski definition) is 2. The lowest BCUT2D eigenvalue weighted by Crippen LogP contribution is -2.53. The molecule has 2 bridgehead atoms. The van der Waals surface area contributed by atoms with Crippen LogP contribution in [0.25, 0.3) is 0 Å². The largest absolute Gasteiger partial charge is 0.497 e. The Labute approximate surface area is 320 Å². The van der Waals surface area contributed by atoms with Crippen molar-refractivity contribution in [1.82, 2.24) is 4.31 Å². The van der Waals surface area contributed by atoms with Gasteiger partial charge in [-0.15, -0.1) is 11.3 Å². The molecule has 3 aromatic carbocycles. The molecule has 0 aliphatic heterocycles. The van der Waals surface area contributed by atoms with Crippen LogP contribution in [0.15, 0.2) is 88.0 Å². The van der Waals surface area contributed by atoms with Crippen LogP contribution in [0.4, 0.5) is 8.78 Å². The molecule has 12 heteroatoms. The maximum atomic E-state index is 14.5. The van der Waals surface area contributed by atoms with Gasteiger partial charge in [-0.25, -0.2) is 17.2 Å². The molecule has 3 aliphatic carbocycles. The fourth-order valence-electron chi connectivity index (χ4n) is 8.22. The Hall–Kier alpha value is -3.94. The third-order valence-corrected chi connectivity index (χ3v) is 14.6. The standard InChI is InChI=1S/C42H47F2NO7S2/c1-27-7-5-18-41(2)35(33-15-10-28(21-31(46)13-9-27)22-34(33)40(47)29-12-16-36(43)37(44)23-29)17-19-42(41,48)26-45(54(49,50)39-8-6-20-53-39)25-30-11-14-32(51-3)24-38(30)52-4/h6-8,10-12,14-16,20,22-24,31,35,46,48H,5,9,13,17-19,21,25-26H2,1-4H3/t31-,35-,41-,42+/m0/s1. The highest BCUT2D eigenvalue weighted by molar-refractivity contribution is 7.91. The van der Waals surface area contributed by atoms with Gasteiger partial charge in [-0.2, -0.15) is 4.31 Å². The average molecular weight is 780 g/mol. The van der Waals surface area contributed by atoms with E-state index in [1.807, 2.05) is 26.0 Å². The van der Waals surface area contributed by atoms with Gasteiger partial charge in [-0.3, -0.25) is 4.79 Å². The third kappa shape index (κ3) is 7.90. The van der Waals surface area contributed by atoms with Gasteiger partial charge in [-0.05, 0) is 111 Å². The number of halogens is 2. The summed E-state index contributed by atoms with van der Waals surface area (Å²) in [6.07, 6.45) is 4.57. The molecule has 0 spiro atoms. The third-order valence-electron chi connectivity index (χ3n) is 11.5. The SMILES string of the molecule is COc1ccc(CN(C[C@]2(O)CC[C@H]3c4ccc(cc4C(=O)c4ccc(F)c(F)c4)C[C@@H](O)CCC(C)=CCC[C@@]32C)S(=O)(=O)c2cccs2)c(OC)c1. The Kier molecular flexibility index (Phi) is 11.8. The Morgan fingerprint density at radius 1 is 1.00 bits per heavy atom. The van der Waals surface area contributed by atoms with Crippen LogP contribution in [0.5, 0.6) is 11.5 Å². The molecule has 1 heterocycles.